The van der Waals surface area contributed by atoms with Crippen molar-refractivity contribution in [3.8, 4) is 11.5 Å². The van der Waals surface area contributed by atoms with E-state index in [2.05, 4.69) is 10.6 Å². The number of hydrogen-bond acceptors (Lipinski definition) is 4. The van der Waals surface area contributed by atoms with Gasteiger partial charge in [-0.25, -0.2) is 0 Å². The minimum absolute atomic E-state index is 0.0825. The maximum atomic E-state index is 10.8. The van der Waals surface area contributed by atoms with E-state index in [4.69, 9.17) is 0 Å². The summed E-state index contributed by atoms with van der Waals surface area (Å²) in [5, 5.41) is 23.7. The predicted octanol–water partition coefficient (Wildman–Crippen LogP) is 1.01. The van der Waals surface area contributed by atoms with Crippen LogP contribution in [-0.4, -0.2) is 22.0 Å². The van der Waals surface area contributed by atoms with Crippen LogP contribution in [0, 0.1) is 0 Å². The van der Waals surface area contributed by atoms with Crippen molar-refractivity contribution in [2.24, 2.45) is 0 Å². The lowest BCUT2D eigenvalue weighted by Crippen LogP contribution is -2.08. The number of anilines is 2. The van der Waals surface area contributed by atoms with Gasteiger partial charge in [0.1, 0.15) is 11.5 Å². The number of aromatic hydroxyl groups is 2. The fourth-order valence-electron chi connectivity index (χ4n) is 1.16. The number of hydrogen-bond donors (Lipinski definition) is 4. The van der Waals surface area contributed by atoms with Crippen LogP contribution < -0.4 is 10.6 Å². The standard InChI is InChI=1S/C10H12N2O4/c1-5(13)11-7-3-10(16)8(4-9(7)15)12-6(2)14/h3-4,15-16H,1-2H3,(H,11,13)(H,12,14). The third kappa shape index (κ3) is 2.88. The molecule has 6 nitrogen and oxygen atoms in total. The summed E-state index contributed by atoms with van der Waals surface area (Å²) in [5.74, 6) is -1.22. The molecule has 86 valence electrons. The van der Waals surface area contributed by atoms with E-state index < -0.39 is 0 Å². The molecule has 0 fully saturated rings. The maximum Gasteiger partial charge on any atom is 0.221 e. The first-order valence-corrected chi connectivity index (χ1v) is 4.51. The first-order valence-electron chi connectivity index (χ1n) is 4.51. The van der Waals surface area contributed by atoms with Crippen LogP contribution in [0.25, 0.3) is 0 Å². The van der Waals surface area contributed by atoms with E-state index in [1.165, 1.54) is 13.8 Å². The summed E-state index contributed by atoms with van der Waals surface area (Å²) >= 11 is 0. The molecule has 4 N–H and O–H groups in total. The normalized spacial score (nSPS) is 9.62. The Kier molecular flexibility index (Phi) is 3.34. The molecule has 0 aliphatic heterocycles. The van der Waals surface area contributed by atoms with Crippen LogP contribution >= 0.6 is 0 Å². The monoisotopic (exact) mass is 224 g/mol. The third-order valence-electron chi connectivity index (χ3n) is 1.74. The third-order valence-corrected chi connectivity index (χ3v) is 1.74. The van der Waals surface area contributed by atoms with Crippen molar-refractivity contribution in [1.29, 1.82) is 0 Å². The van der Waals surface area contributed by atoms with Gasteiger partial charge in [-0.15, -0.1) is 0 Å². The second-order valence-corrected chi connectivity index (χ2v) is 3.25. The van der Waals surface area contributed by atoms with Gasteiger partial charge in [0.05, 0.1) is 11.4 Å². The Balaban J connectivity index is 3.06. The Morgan fingerprint density at radius 3 is 1.50 bits per heavy atom. The molecule has 1 aromatic rings. The van der Waals surface area contributed by atoms with Crippen molar-refractivity contribution in [2.75, 3.05) is 10.6 Å². The molecule has 0 saturated carbocycles. The number of carbonyl (C=O) groups excluding carboxylic acids is 2. The molecule has 16 heavy (non-hydrogen) atoms. The highest BCUT2D eigenvalue weighted by Gasteiger charge is 2.10. The van der Waals surface area contributed by atoms with Crippen LogP contribution in [0.3, 0.4) is 0 Å². The minimum atomic E-state index is -0.373. The highest BCUT2D eigenvalue weighted by Crippen LogP contribution is 2.34. The second kappa shape index (κ2) is 4.52. The number of benzene rings is 1. The van der Waals surface area contributed by atoms with Gasteiger partial charge < -0.3 is 20.8 Å². The smallest absolute Gasteiger partial charge is 0.221 e. The lowest BCUT2D eigenvalue weighted by molar-refractivity contribution is -0.115. The van der Waals surface area contributed by atoms with Crippen molar-refractivity contribution in [1.82, 2.24) is 0 Å². The molecule has 0 heterocycles. The first kappa shape index (κ1) is 11.8. The van der Waals surface area contributed by atoms with Crippen molar-refractivity contribution in [2.45, 2.75) is 13.8 Å². The molecule has 1 aromatic carbocycles. The molecule has 6 heteroatoms. The molecule has 1 rings (SSSR count). The van der Waals surface area contributed by atoms with Gasteiger partial charge in [0, 0.05) is 26.0 Å². The molecule has 0 aliphatic carbocycles. The Morgan fingerprint density at radius 2 is 1.25 bits per heavy atom. The molecule has 0 aliphatic rings. The summed E-state index contributed by atoms with van der Waals surface area (Å²) in [5.41, 5.74) is 0.165. The van der Waals surface area contributed by atoms with Crippen LogP contribution in [0.4, 0.5) is 11.4 Å². The van der Waals surface area contributed by atoms with Gasteiger partial charge in [0.15, 0.2) is 0 Å². The largest absolute Gasteiger partial charge is 0.506 e. The number of rotatable bonds is 2. The quantitative estimate of drug-likeness (QED) is 0.445. The van der Waals surface area contributed by atoms with Crippen molar-refractivity contribution in [3.05, 3.63) is 12.1 Å². The minimum Gasteiger partial charge on any atom is -0.506 e. The number of phenols is 2. The molecule has 0 bridgehead atoms. The van der Waals surface area contributed by atoms with E-state index in [9.17, 15) is 19.8 Å². The molecule has 0 atom stereocenters. The Bertz CT molecular complexity index is 401. The van der Waals surface area contributed by atoms with Gasteiger partial charge in [0.2, 0.25) is 11.8 Å². The number of phenolic OH excluding ortho intramolecular Hbond substituents is 2. The zero-order valence-electron chi connectivity index (χ0n) is 8.87. The lowest BCUT2D eigenvalue weighted by Gasteiger charge is -2.10. The maximum absolute atomic E-state index is 10.8. The summed E-state index contributed by atoms with van der Waals surface area (Å²) in [6.07, 6.45) is 0. The fourth-order valence-corrected chi connectivity index (χ4v) is 1.16. The zero-order chi connectivity index (χ0) is 12.3. The summed E-state index contributed by atoms with van der Waals surface area (Å²) in [7, 11) is 0. The zero-order valence-corrected chi connectivity index (χ0v) is 8.87. The SMILES string of the molecule is CC(=O)Nc1cc(O)c(NC(C)=O)cc1O. The second-order valence-electron chi connectivity index (χ2n) is 3.25. The molecule has 0 spiro atoms. The highest BCUT2D eigenvalue weighted by molar-refractivity contribution is 5.94. The molecular weight excluding hydrogens is 212 g/mol. The van der Waals surface area contributed by atoms with E-state index in [1.54, 1.807) is 0 Å². The molecule has 0 saturated heterocycles. The first-order chi connectivity index (χ1) is 7.40. The topological polar surface area (TPSA) is 98.7 Å². The van der Waals surface area contributed by atoms with Crippen LogP contribution in [0.2, 0.25) is 0 Å². The summed E-state index contributed by atoms with van der Waals surface area (Å²) in [6, 6.07) is 2.31. The highest BCUT2D eigenvalue weighted by atomic mass is 16.3. The van der Waals surface area contributed by atoms with Crippen LogP contribution in [0.5, 0.6) is 11.5 Å². The Morgan fingerprint density at radius 1 is 0.938 bits per heavy atom. The predicted molar refractivity (Wildman–Crippen MR) is 58.4 cm³/mol. The van der Waals surface area contributed by atoms with E-state index in [0.29, 0.717) is 0 Å². The van der Waals surface area contributed by atoms with Crippen molar-refractivity contribution in [3.63, 3.8) is 0 Å². The van der Waals surface area contributed by atoms with E-state index in [-0.39, 0.29) is 34.7 Å². The molecule has 0 aromatic heterocycles. The van der Waals surface area contributed by atoms with Crippen molar-refractivity contribution >= 4 is 23.2 Å². The van der Waals surface area contributed by atoms with E-state index in [1.807, 2.05) is 0 Å². The Labute approximate surface area is 91.9 Å². The van der Waals surface area contributed by atoms with Gasteiger partial charge in [-0.3, -0.25) is 9.59 Å². The molecule has 0 radical (unpaired) electrons. The van der Waals surface area contributed by atoms with Gasteiger partial charge >= 0.3 is 0 Å². The van der Waals surface area contributed by atoms with Gasteiger partial charge in [-0.1, -0.05) is 0 Å². The van der Waals surface area contributed by atoms with Crippen LogP contribution in [0.1, 0.15) is 13.8 Å². The van der Waals surface area contributed by atoms with Gasteiger partial charge in [-0.2, -0.15) is 0 Å². The number of amides is 2. The summed E-state index contributed by atoms with van der Waals surface area (Å²) in [6.45, 7) is 2.55. The molecule has 2 amide bonds. The molecular formula is C10H12N2O4. The number of nitrogens with one attached hydrogen (secondary N) is 2. The summed E-state index contributed by atoms with van der Waals surface area (Å²) < 4.78 is 0. The van der Waals surface area contributed by atoms with Crippen molar-refractivity contribution < 1.29 is 19.8 Å². The lowest BCUT2D eigenvalue weighted by atomic mass is 10.2. The summed E-state index contributed by atoms with van der Waals surface area (Å²) in [4.78, 5) is 21.5. The van der Waals surface area contributed by atoms with E-state index >= 15 is 0 Å². The number of carbonyl (C=O) groups is 2. The van der Waals surface area contributed by atoms with Crippen LogP contribution in [0.15, 0.2) is 12.1 Å². The average molecular weight is 224 g/mol. The van der Waals surface area contributed by atoms with E-state index in [0.717, 1.165) is 12.1 Å². The van der Waals surface area contributed by atoms with Gasteiger partial charge in [-0.05, 0) is 0 Å². The molecule has 0 unspecified atom stereocenters. The van der Waals surface area contributed by atoms with Gasteiger partial charge in [0.25, 0.3) is 0 Å². The average Bonchev–Trinajstić information content (AvgIpc) is 2.11. The van der Waals surface area contributed by atoms with Crippen LogP contribution in [-0.2, 0) is 9.59 Å². The Hall–Kier alpha value is -2.24. The fraction of sp³-hybridized carbons (Fsp3) is 0.200.